The third-order valence-corrected chi connectivity index (χ3v) is 3.74. The zero-order valence-corrected chi connectivity index (χ0v) is 14.9. The fraction of sp³-hybridized carbons (Fsp3) is 0.150. The summed E-state index contributed by atoms with van der Waals surface area (Å²) >= 11 is 0. The second-order valence-corrected chi connectivity index (χ2v) is 5.86. The van der Waals surface area contributed by atoms with E-state index < -0.39 is 0 Å². The average molecular weight is 345 g/mol. The first kappa shape index (κ1) is 17.2. The van der Waals surface area contributed by atoms with Crippen LogP contribution < -0.4 is 15.4 Å². The molecule has 1 aromatic heterocycles. The van der Waals surface area contributed by atoms with E-state index >= 15 is 0 Å². The molecule has 26 heavy (non-hydrogen) atoms. The molecule has 0 saturated carbocycles. The number of hydrogen-bond acceptors (Lipinski definition) is 6. The summed E-state index contributed by atoms with van der Waals surface area (Å²) in [5, 5.41) is 15.3. The zero-order valence-electron chi connectivity index (χ0n) is 14.9. The Kier molecular flexibility index (Phi) is 4.99. The van der Waals surface area contributed by atoms with Crippen LogP contribution in [0.2, 0.25) is 0 Å². The van der Waals surface area contributed by atoms with Gasteiger partial charge in [-0.15, -0.1) is 0 Å². The maximum Gasteiger partial charge on any atom is 0.229 e. The smallest absolute Gasteiger partial charge is 0.229 e. The molecule has 2 aromatic carbocycles. The molecule has 0 bridgehead atoms. The lowest BCUT2D eigenvalue weighted by Gasteiger charge is -2.13. The van der Waals surface area contributed by atoms with E-state index in [0.29, 0.717) is 17.3 Å². The molecule has 0 aliphatic carbocycles. The molecular weight excluding hydrogens is 326 g/mol. The molecule has 0 saturated heterocycles. The highest BCUT2D eigenvalue weighted by molar-refractivity contribution is 5.65. The van der Waals surface area contributed by atoms with Gasteiger partial charge in [-0.05, 0) is 55.8 Å². The topological polar surface area (TPSA) is 82.9 Å². The Labute approximate surface area is 152 Å². The quantitative estimate of drug-likeness (QED) is 0.710. The molecule has 0 aliphatic rings. The summed E-state index contributed by atoms with van der Waals surface area (Å²) in [6, 6.07) is 17.0. The summed E-state index contributed by atoms with van der Waals surface area (Å²) in [6.07, 6.45) is 0. The van der Waals surface area contributed by atoms with E-state index in [0.717, 1.165) is 28.4 Å². The molecule has 0 fully saturated rings. The molecule has 3 rings (SSSR count). The molecule has 130 valence electrons. The summed E-state index contributed by atoms with van der Waals surface area (Å²) in [5.74, 6) is 1.86. The number of methoxy groups -OCH3 is 1. The molecule has 0 aliphatic heterocycles. The van der Waals surface area contributed by atoms with Crippen LogP contribution in [0, 0.1) is 25.2 Å². The highest BCUT2D eigenvalue weighted by Crippen LogP contribution is 2.28. The van der Waals surface area contributed by atoms with Gasteiger partial charge in [-0.1, -0.05) is 6.07 Å². The first-order chi connectivity index (χ1) is 12.6. The monoisotopic (exact) mass is 345 g/mol. The first-order valence-corrected chi connectivity index (χ1v) is 8.12. The van der Waals surface area contributed by atoms with Crippen molar-refractivity contribution >= 4 is 23.1 Å². The summed E-state index contributed by atoms with van der Waals surface area (Å²) in [5.41, 5.74) is 4.20. The van der Waals surface area contributed by atoms with Gasteiger partial charge in [-0.3, -0.25) is 0 Å². The molecule has 0 radical (unpaired) electrons. The molecular formula is C20H19N5O. The summed E-state index contributed by atoms with van der Waals surface area (Å²) < 4.78 is 5.39. The van der Waals surface area contributed by atoms with Gasteiger partial charge in [0.05, 0.1) is 24.4 Å². The Morgan fingerprint density at radius 2 is 1.73 bits per heavy atom. The SMILES string of the molecule is COc1ccc(C)cc1Nc1nc(C)cc(Nc2ccc(C#N)cc2)n1. The van der Waals surface area contributed by atoms with E-state index in [1.54, 1.807) is 19.2 Å². The number of hydrogen-bond donors (Lipinski definition) is 2. The summed E-state index contributed by atoms with van der Waals surface area (Å²) in [7, 11) is 1.63. The third kappa shape index (κ3) is 4.08. The molecule has 0 spiro atoms. The van der Waals surface area contributed by atoms with Crippen molar-refractivity contribution in [2.45, 2.75) is 13.8 Å². The zero-order chi connectivity index (χ0) is 18.5. The van der Waals surface area contributed by atoms with E-state index in [4.69, 9.17) is 10.00 Å². The van der Waals surface area contributed by atoms with Gasteiger partial charge in [-0.2, -0.15) is 10.2 Å². The number of nitrogens with one attached hydrogen (secondary N) is 2. The molecule has 0 amide bonds. The van der Waals surface area contributed by atoms with Crippen LogP contribution in [0.25, 0.3) is 0 Å². The minimum atomic E-state index is 0.477. The number of nitrogens with zero attached hydrogens (tertiary/aromatic N) is 3. The van der Waals surface area contributed by atoms with Crippen LogP contribution in [-0.2, 0) is 0 Å². The maximum absolute atomic E-state index is 8.88. The maximum atomic E-state index is 8.88. The Morgan fingerprint density at radius 3 is 2.42 bits per heavy atom. The van der Waals surface area contributed by atoms with Gasteiger partial charge < -0.3 is 15.4 Å². The number of rotatable bonds is 5. The number of benzene rings is 2. The molecule has 6 heteroatoms. The van der Waals surface area contributed by atoms with Crippen molar-refractivity contribution in [2.75, 3.05) is 17.7 Å². The summed E-state index contributed by atoms with van der Waals surface area (Å²) in [6.45, 7) is 3.92. The van der Waals surface area contributed by atoms with E-state index in [9.17, 15) is 0 Å². The minimum absolute atomic E-state index is 0.477. The predicted octanol–water partition coefficient (Wildman–Crippen LogP) is 4.46. The standard InChI is InChI=1S/C20H19N5O/c1-13-4-9-18(26-3)17(10-13)24-20-22-14(2)11-19(25-20)23-16-7-5-15(12-21)6-8-16/h4-11H,1-3H3,(H2,22,23,24,25). The van der Waals surface area contributed by atoms with Gasteiger partial charge in [-0.25, -0.2) is 4.98 Å². The van der Waals surface area contributed by atoms with Crippen molar-refractivity contribution in [1.82, 2.24) is 9.97 Å². The van der Waals surface area contributed by atoms with Gasteiger partial charge in [0, 0.05) is 17.4 Å². The number of aryl methyl sites for hydroxylation is 2. The van der Waals surface area contributed by atoms with Crippen molar-refractivity contribution in [1.29, 1.82) is 5.26 Å². The van der Waals surface area contributed by atoms with Crippen molar-refractivity contribution in [2.24, 2.45) is 0 Å². The fourth-order valence-electron chi connectivity index (χ4n) is 2.50. The van der Waals surface area contributed by atoms with Gasteiger partial charge in [0.1, 0.15) is 11.6 Å². The molecule has 0 unspecified atom stereocenters. The second kappa shape index (κ2) is 7.53. The van der Waals surface area contributed by atoms with Gasteiger partial charge in [0.2, 0.25) is 5.95 Å². The highest BCUT2D eigenvalue weighted by atomic mass is 16.5. The molecule has 6 nitrogen and oxygen atoms in total. The average Bonchev–Trinajstić information content (AvgIpc) is 2.62. The summed E-state index contributed by atoms with van der Waals surface area (Å²) in [4.78, 5) is 8.96. The van der Waals surface area contributed by atoms with Crippen molar-refractivity contribution < 1.29 is 4.74 Å². The lowest BCUT2D eigenvalue weighted by molar-refractivity contribution is 0.416. The van der Waals surface area contributed by atoms with Crippen LogP contribution in [0.5, 0.6) is 5.75 Å². The third-order valence-electron chi connectivity index (χ3n) is 3.74. The Bertz CT molecular complexity index is 961. The Balaban J connectivity index is 1.85. The van der Waals surface area contributed by atoms with Crippen molar-refractivity contribution in [3.63, 3.8) is 0 Å². The van der Waals surface area contributed by atoms with Gasteiger partial charge in [0.15, 0.2) is 0 Å². The number of ether oxygens (including phenoxy) is 1. The van der Waals surface area contributed by atoms with Crippen LogP contribution in [0.4, 0.5) is 23.1 Å². The van der Waals surface area contributed by atoms with Gasteiger partial charge >= 0.3 is 0 Å². The minimum Gasteiger partial charge on any atom is -0.495 e. The van der Waals surface area contributed by atoms with Crippen LogP contribution in [0.3, 0.4) is 0 Å². The second-order valence-electron chi connectivity index (χ2n) is 5.86. The molecule has 1 heterocycles. The van der Waals surface area contributed by atoms with E-state index in [-0.39, 0.29) is 0 Å². The number of aromatic nitrogens is 2. The van der Waals surface area contributed by atoms with Crippen molar-refractivity contribution in [3.8, 4) is 11.8 Å². The molecule has 0 atom stereocenters. The molecule has 2 N–H and O–H groups in total. The van der Waals surface area contributed by atoms with E-state index in [1.807, 2.05) is 50.2 Å². The Morgan fingerprint density at radius 1 is 0.962 bits per heavy atom. The van der Waals surface area contributed by atoms with E-state index in [2.05, 4.69) is 26.7 Å². The molecule has 3 aromatic rings. The van der Waals surface area contributed by atoms with Crippen molar-refractivity contribution in [3.05, 3.63) is 65.4 Å². The van der Waals surface area contributed by atoms with Crippen LogP contribution in [0.15, 0.2) is 48.5 Å². The highest BCUT2D eigenvalue weighted by Gasteiger charge is 2.08. The number of anilines is 4. The Hall–Kier alpha value is -3.59. The van der Waals surface area contributed by atoms with E-state index in [1.165, 1.54) is 0 Å². The lowest BCUT2D eigenvalue weighted by atomic mass is 10.2. The number of nitriles is 1. The normalized spacial score (nSPS) is 10.1. The largest absolute Gasteiger partial charge is 0.495 e. The lowest BCUT2D eigenvalue weighted by Crippen LogP contribution is -2.03. The fourth-order valence-corrected chi connectivity index (χ4v) is 2.50. The first-order valence-electron chi connectivity index (χ1n) is 8.12. The predicted molar refractivity (Wildman–Crippen MR) is 102 cm³/mol. The van der Waals surface area contributed by atoms with Crippen LogP contribution in [-0.4, -0.2) is 17.1 Å². The van der Waals surface area contributed by atoms with Crippen LogP contribution in [0.1, 0.15) is 16.8 Å². The van der Waals surface area contributed by atoms with Gasteiger partial charge in [0.25, 0.3) is 0 Å². The van der Waals surface area contributed by atoms with Crippen LogP contribution >= 0.6 is 0 Å².